The number of para-hydroxylation sites is 1. The van der Waals surface area contributed by atoms with E-state index in [-0.39, 0.29) is 36.0 Å². The molecule has 1 aliphatic carbocycles. The topological polar surface area (TPSA) is 121 Å². The second kappa shape index (κ2) is 9.02. The van der Waals surface area contributed by atoms with E-state index in [1.807, 2.05) is 58.0 Å². The standard InChI is InChI=1S/C30H33N5O3/c1-17-25(20-11-6-7-12-23(20)38-30(17,4)5)33-27(37)22-14-21(22)26(19-10-8-9-18(13-19)16-31)35-24(36)15-29(2,3)34-28(35)32/h6-13,21-22,25-26H,1,14-15H2,2-5H3,(H2,32,34)(H,33,37)/t21-,22-,25+,26?/m1/s1. The number of ether oxygens (including phenoxy) is 1. The van der Waals surface area contributed by atoms with E-state index >= 15 is 0 Å². The molecule has 2 heterocycles. The number of amides is 2. The molecule has 0 aromatic heterocycles. The molecule has 1 unspecified atom stereocenters. The number of carbonyl (C=O) groups is 2. The van der Waals surface area contributed by atoms with Crippen LogP contribution in [0.15, 0.2) is 65.7 Å². The molecule has 0 radical (unpaired) electrons. The van der Waals surface area contributed by atoms with E-state index in [2.05, 4.69) is 23.0 Å². The van der Waals surface area contributed by atoms with E-state index in [0.29, 0.717) is 12.0 Å². The normalized spacial score (nSPS) is 25.8. The van der Waals surface area contributed by atoms with E-state index < -0.39 is 23.2 Å². The molecule has 4 atom stereocenters. The molecule has 8 heteroatoms. The Bertz CT molecular complexity index is 1400. The van der Waals surface area contributed by atoms with Gasteiger partial charge in [-0.05, 0) is 69.4 Å². The molecule has 0 spiro atoms. The lowest BCUT2D eigenvalue weighted by atomic mass is 9.85. The molecule has 0 bridgehead atoms. The summed E-state index contributed by atoms with van der Waals surface area (Å²) in [6.07, 6.45) is 0.786. The van der Waals surface area contributed by atoms with E-state index in [9.17, 15) is 14.9 Å². The summed E-state index contributed by atoms with van der Waals surface area (Å²) in [4.78, 5) is 33.1. The molecule has 38 heavy (non-hydrogen) atoms. The molecular weight excluding hydrogens is 478 g/mol. The van der Waals surface area contributed by atoms with Crippen molar-refractivity contribution < 1.29 is 14.3 Å². The summed E-state index contributed by atoms with van der Waals surface area (Å²) < 4.78 is 6.13. The monoisotopic (exact) mass is 511 g/mol. The molecule has 0 saturated heterocycles. The maximum Gasteiger partial charge on any atom is 0.232 e. The van der Waals surface area contributed by atoms with Crippen LogP contribution >= 0.6 is 0 Å². The van der Waals surface area contributed by atoms with Gasteiger partial charge in [-0.15, -0.1) is 0 Å². The van der Waals surface area contributed by atoms with E-state index in [0.717, 1.165) is 22.4 Å². The Morgan fingerprint density at radius 2 is 1.97 bits per heavy atom. The van der Waals surface area contributed by atoms with Crippen molar-refractivity contribution in [2.24, 2.45) is 22.6 Å². The van der Waals surface area contributed by atoms with E-state index in [1.165, 1.54) is 4.90 Å². The van der Waals surface area contributed by atoms with Crippen molar-refractivity contribution >= 4 is 17.8 Å². The van der Waals surface area contributed by atoms with Crippen LogP contribution < -0.4 is 15.8 Å². The van der Waals surface area contributed by atoms with Gasteiger partial charge in [0.1, 0.15) is 11.4 Å². The average Bonchev–Trinajstić information content (AvgIpc) is 3.64. The smallest absolute Gasteiger partial charge is 0.232 e. The minimum Gasteiger partial charge on any atom is -0.483 e. The van der Waals surface area contributed by atoms with Gasteiger partial charge in [0.2, 0.25) is 11.8 Å². The molecule has 1 fully saturated rings. The Morgan fingerprint density at radius 3 is 2.68 bits per heavy atom. The van der Waals surface area contributed by atoms with Crippen LogP contribution in [0.4, 0.5) is 0 Å². The molecule has 2 aromatic rings. The van der Waals surface area contributed by atoms with Crippen LogP contribution in [0.3, 0.4) is 0 Å². The zero-order valence-electron chi connectivity index (χ0n) is 22.2. The zero-order valence-corrected chi connectivity index (χ0v) is 22.2. The highest BCUT2D eigenvalue weighted by Gasteiger charge is 2.53. The molecule has 3 N–H and O–H groups in total. The van der Waals surface area contributed by atoms with Gasteiger partial charge in [0, 0.05) is 11.5 Å². The Kier molecular flexibility index (Phi) is 6.06. The molecule has 2 aliphatic heterocycles. The number of hydrogen-bond acceptors (Lipinski definition) is 6. The molecule has 8 nitrogen and oxygen atoms in total. The summed E-state index contributed by atoms with van der Waals surface area (Å²) >= 11 is 0. The van der Waals surface area contributed by atoms with Crippen molar-refractivity contribution in [2.45, 2.75) is 63.8 Å². The SMILES string of the molecule is C=C1[C@H](NC(=O)[C@@H]2C[C@H]2C(c2cccc(C#N)c2)N2C(=O)CC(C)(C)N=C2N)c2ccccc2OC1(C)C. The summed E-state index contributed by atoms with van der Waals surface area (Å²) in [6, 6.07) is 16.0. The Hall–Kier alpha value is -4.12. The maximum absolute atomic E-state index is 13.6. The van der Waals surface area contributed by atoms with Gasteiger partial charge in [0.05, 0.1) is 35.7 Å². The van der Waals surface area contributed by atoms with Crippen molar-refractivity contribution in [1.29, 1.82) is 5.26 Å². The van der Waals surface area contributed by atoms with Gasteiger partial charge in [-0.2, -0.15) is 5.26 Å². The molecule has 196 valence electrons. The highest BCUT2D eigenvalue weighted by Crippen LogP contribution is 2.52. The summed E-state index contributed by atoms with van der Waals surface area (Å²) in [5.74, 6) is 0.0774. The molecule has 5 rings (SSSR count). The lowest BCUT2D eigenvalue weighted by Crippen LogP contribution is -2.52. The number of nitrogens with zero attached hydrogens (tertiary/aromatic N) is 3. The first-order chi connectivity index (χ1) is 17.9. The fraction of sp³-hybridized carbons (Fsp3) is 0.400. The van der Waals surface area contributed by atoms with Gasteiger partial charge < -0.3 is 15.8 Å². The molecular formula is C30H33N5O3. The molecule has 1 saturated carbocycles. The predicted molar refractivity (Wildman–Crippen MR) is 144 cm³/mol. The second-order valence-electron chi connectivity index (χ2n) is 11.5. The van der Waals surface area contributed by atoms with Gasteiger partial charge in [-0.3, -0.25) is 14.5 Å². The molecule has 2 aromatic carbocycles. The third-order valence-corrected chi connectivity index (χ3v) is 7.74. The first kappa shape index (κ1) is 25.5. The number of hydrogen-bond donors (Lipinski definition) is 2. The number of nitriles is 1. The van der Waals surface area contributed by atoms with Crippen LogP contribution in [0, 0.1) is 23.2 Å². The fourth-order valence-corrected chi connectivity index (χ4v) is 5.63. The number of benzene rings is 2. The minimum atomic E-state index is -0.645. The zero-order chi connectivity index (χ0) is 27.4. The fourth-order valence-electron chi connectivity index (χ4n) is 5.63. The lowest BCUT2D eigenvalue weighted by molar-refractivity contribution is -0.132. The Morgan fingerprint density at radius 1 is 1.24 bits per heavy atom. The maximum atomic E-state index is 13.6. The van der Waals surface area contributed by atoms with Crippen LogP contribution in [0.5, 0.6) is 5.75 Å². The van der Waals surface area contributed by atoms with Crippen LogP contribution in [0.1, 0.15) is 69.3 Å². The summed E-state index contributed by atoms with van der Waals surface area (Å²) in [6.45, 7) is 11.9. The van der Waals surface area contributed by atoms with Gasteiger partial charge >= 0.3 is 0 Å². The number of fused-ring (bicyclic) bond motifs is 1. The van der Waals surface area contributed by atoms with E-state index in [4.69, 9.17) is 10.5 Å². The largest absolute Gasteiger partial charge is 0.483 e. The Labute approximate surface area is 223 Å². The third kappa shape index (κ3) is 4.53. The van der Waals surface area contributed by atoms with Gasteiger partial charge in [0.15, 0.2) is 5.96 Å². The molecule has 3 aliphatic rings. The number of guanidine groups is 1. The number of nitrogens with one attached hydrogen (secondary N) is 1. The summed E-state index contributed by atoms with van der Waals surface area (Å²) in [5, 5.41) is 12.7. The van der Waals surface area contributed by atoms with Crippen molar-refractivity contribution in [3.05, 3.63) is 77.4 Å². The van der Waals surface area contributed by atoms with Crippen molar-refractivity contribution in [2.75, 3.05) is 0 Å². The number of rotatable bonds is 5. The van der Waals surface area contributed by atoms with Gasteiger partial charge in [0.25, 0.3) is 0 Å². The van der Waals surface area contributed by atoms with Crippen LogP contribution in [-0.4, -0.2) is 33.8 Å². The highest BCUT2D eigenvalue weighted by molar-refractivity contribution is 5.99. The van der Waals surface area contributed by atoms with Crippen LogP contribution in [-0.2, 0) is 9.59 Å². The molecule has 2 amide bonds. The van der Waals surface area contributed by atoms with Crippen LogP contribution in [0.2, 0.25) is 0 Å². The Balaban J connectivity index is 1.45. The first-order valence-electron chi connectivity index (χ1n) is 12.9. The summed E-state index contributed by atoms with van der Waals surface area (Å²) in [5.41, 5.74) is 7.99. The lowest BCUT2D eigenvalue weighted by Gasteiger charge is -2.40. The van der Waals surface area contributed by atoms with Crippen molar-refractivity contribution in [3.63, 3.8) is 0 Å². The first-order valence-corrected chi connectivity index (χ1v) is 12.9. The quantitative estimate of drug-likeness (QED) is 0.585. The predicted octanol–water partition coefficient (Wildman–Crippen LogP) is 4.15. The van der Waals surface area contributed by atoms with E-state index in [1.54, 1.807) is 18.2 Å². The minimum absolute atomic E-state index is 0.115. The van der Waals surface area contributed by atoms with Crippen molar-refractivity contribution in [3.8, 4) is 11.8 Å². The van der Waals surface area contributed by atoms with Crippen LogP contribution in [0.25, 0.3) is 0 Å². The average molecular weight is 512 g/mol. The summed E-state index contributed by atoms with van der Waals surface area (Å²) in [7, 11) is 0. The highest BCUT2D eigenvalue weighted by atomic mass is 16.5. The van der Waals surface area contributed by atoms with Crippen molar-refractivity contribution in [1.82, 2.24) is 10.2 Å². The number of nitrogens with two attached hydrogens (primary N) is 1. The van der Waals surface area contributed by atoms with Gasteiger partial charge in [-0.1, -0.05) is 36.9 Å². The van der Waals surface area contributed by atoms with Gasteiger partial charge in [-0.25, -0.2) is 4.99 Å². The number of aliphatic imine (C=N–C) groups is 1. The second-order valence-corrected chi connectivity index (χ2v) is 11.5. The number of carbonyl (C=O) groups excluding carboxylic acids is 2. The third-order valence-electron chi connectivity index (χ3n) is 7.74.